The van der Waals surface area contributed by atoms with Gasteiger partial charge in [-0.25, -0.2) is 0 Å². The fraction of sp³-hybridized carbons (Fsp3) is 0.333. The zero-order valence-corrected chi connectivity index (χ0v) is 17.7. The van der Waals surface area contributed by atoms with Gasteiger partial charge < -0.3 is 20.3 Å². The number of carbonyl (C=O) groups is 1. The number of anilines is 2. The normalized spacial score (nSPS) is 14.8. The molecule has 0 aliphatic carbocycles. The van der Waals surface area contributed by atoms with Crippen LogP contribution in [0.4, 0.5) is 24.5 Å². The van der Waals surface area contributed by atoms with Gasteiger partial charge in [-0.2, -0.15) is 0 Å². The summed E-state index contributed by atoms with van der Waals surface area (Å²) in [7, 11) is 0. The van der Waals surface area contributed by atoms with E-state index in [0.717, 1.165) is 23.4 Å². The van der Waals surface area contributed by atoms with Gasteiger partial charge in [0.1, 0.15) is 5.75 Å². The second kappa shape index (κ2) is 9.97. The zero-order valence-electron chi connectivity index (χ0n) is 16.9. The maximum atomic E-state index is 12.3. The van der Waals surface area contributed by atoms with Gasteiger partial charge in [-0.3, -0.25) is 9.69 Å². The molecule has 0 atom stereocenters. The van der Waals surface area contributed by atoms with E-state index in [1.165, 1.54) is 12.1 Å². The third-order valence-corrected chi connectivity index (χ3v) is 5.03. The summed E-state index contributed by atoms with van der Waals surface area (Å²) in [4.78, 5) is 16.3. The van der Waals surface area contributed by atoms with Crippen LogP contribution in [0.25, 0.3) is 0 Å². The van der Waals surface area contributed by atoms with Crippen molar-refractivity contribution in [3.05, 3.63) is 54.1 Å². The van der Waals surface area contributed by atoms with Crippen LogP contribution in [0.3, 0.4) is 0 Å². The standard InChI is InChI=1S/C21H23F3N4O2S/c1-15-3-2-4-17(13-15)26-20(31)28-11-9-27(10-12-28)14-19(29)25-16-5-7-18(8-6-16)30-21(22,23)24/h2-8,13H,9-12,14H2,1H3,(H,25,29)(H,26,31). The van der Waals surface area contributed by atoms with Crippen LogP contribution in [0.5, 0.6) is 5.75 Å². The minimum absolute atomic E-state index is 0.187. The first kappa shape index (κ1) is 22.8. The van der Waals surface area contributed by atoms with Crippen molar-refractivity contribution in [1.82, 2.24) is 9.80 Å². The number of nitrogens with one attached hydrogen (secondary N) is 2. The summed E-state index contributed by atoms with van der Waals surface area (Å²) >= 11 is 5.49. The van der Waals surface area contributed by atoms with Gasteiger partial charge in [-0.1, -0.05) is 12.1 Å². The molecule has 1 aliphatic rings. The lowest BCUT2D eigenvalue weighted by molar-refractivity contribution is -0.274. The van der Waals surface area contributed by atoms with E-state index in [1.54, 1.807) is 0 Å². The molecule has 10 heteroatoms. The average Bonchev–Trinajstić information content (AvgIpc) is 2.69. The van der Waals surface area contributed by atoms with Crippen LogP contribution in [0, 0.1) is 6.92 Å². The number of thiocarbonyl (C=S) groups is 1. The van der Waals surface area contributed by atoms with E-state index in [1.807, 2.05) is 36.1 Å². The Morgan fingerprint density at radius 3 is 2.32 bits per heavy atom. The molecule has 0 aromatic heterocycles. The number of carbonyl (C=O) groups excluding carboxylic acids is 1. The van der Waals surface area contributed by atoms with Gasteiger partial charge in [-0.05, 0) is 61.1 Å². The summed E-state index contributed by atoms with van der Waals surface area (Å²) in [6.45, 7) is 4.92. The van der Waals surface area contributed by atoms with Crippen LogP contribution >= 0.6 is 12.2 Å². The van der Waals surface area contributed by atoms with Gasteiger partial charge in [0.25, 0.3) is 0 Å². The number of nitrogens with zero attached hydrogens (tertiary/aromatic N) is 2. The molecule has 3 rings (SSSR count). The third kappa shape index (κ3) is 7.41. The Kier molecular flexibility index (Phi) is 7.34. The van der Waals surface area contributed by atoms with Gasteiger partial charge in [0.15, 0.2) is 5.11 Å². The fourth-order valence-corrected chi connectivity index (χ4v) is 3.48. The highest BCUT2D eigenvalue weighted by Crippen LogP contribution is 2.24. The third-order valence-electron chi connectivity index (χ3n) is 4.67. The lowest BCUT2D eigenvalue weighted by atomic mass is 10.2. The highest BCUT2D eigenvalue weighted by atomic mass is 32.1. The summed E-state index contributed by atoms with van der Waals surface area (Å²) in [5.41, 5.74) is 2.49. The number of halogens is 3. The van der Waals surface area contributed by atoms with Crippen molar-refractivity contribution in [2.24, 2.45) is 0 Å². The molecule has 0 unspecified atom stereocenters. The monoisotopic (exact) mass is 452 g/mol. The molecule has 31 heavy (non-hydrogen) atoms. The second-order valence-electron chi connectivity index (χ2n) is 7.18. The highest BCUT2D eigenvalue weighted by Gasteiger charge is 2.31. The summed E-state index contributed by atoms with van der Waals surface area (Å²) in [6.07, 6.45) is -4.75. The number of aryl methyl sites for hydroxylation is 1. The molecule has 1 heterocycles. The van der Waals surface area contributed by atoms with Crippen LogP contribution < -0.4 is 15.4 Å². The van der Waals surface area contributed by atoms with Crippen molar-refractivity contribution in [3.63, 3.8) is 0 Å². The number of hydrogen-bond donors (Lipinski definition) is 2. The zero-order chi connectivity index (χ0) is 22.4. The molecule has 0 radical (unpaired) electrons. The van der Waals surface area contributed by atoms with Gasteiger partial charge in [0.05, 0.1) is 6.54 Å². The minimum Gasteiger partial charge on any atom is -0.406 e. The first-order chi connectivity index (χ1) is 14.7. The van der Waals surface area contributed by atoms with E-state index >= 15 is 0 Å². The molecule has 1 saturated heterocycles. The van der Waals surface area contributed by atoms with E-state index in [4.69, 9.17) is 12.2 Å². The Labute approximate surface area is 184 Å². The first-order valence-electron chi connectivity index (χ1n) is 9.68. The molecule has 1 amide bonds. The van der Waals surface area contributed by atoms with E-state index in [2.05, 4.69) is 20.3 Å². The number of alkyl halides is 3. The topological polar surface area (TPSA) is 56.8 Å². The smallest absolute Gasteiger partial charge is 0.406 e. The van der Waals surface area contributed by atoms with Gasteiger partial charge in [0.2, 0.25) is 5.91 Å². The second-order valence-corrected chi connectivity index (χ2v) is 7.57. The predicted octanol–water partition coefficient (Wildman–Crippen LogP) is 3.85. The molecule has 1 fully saturated rings. The van der Waals surface area contributed by atoms with Crippen molar-refractivity contribution < 1.29 is 22.7 Å². The Morgan fingerprint density at radius 2 is 1.71 bits per heavy atom. The van der Waals surface area contributed by atoms with Crippen LogP contribution in [-0.2, 0) is 4.79 Å². The largest absolute Gasteiger partial charge is 0.573 e. The quantitative estimate of drug-likeness (QED) is 0.673. The molecular weight excluding hydrogens is 429 g/mol. The number of amides is 1. The van der Waals surface area contributed by atoms with E-state index < -0.39 is 6.36 Å². The van der Waals surface area contributed by atoms with E-state index in [0.29, 0.717) is 37.0 Å². The Balaban J connectivity index is 1.42. The van der Waals surface area contributed by atoms with Crippen LogP contribution in [0.1, 0.15) is 5.56 Å². The molecule has 6 nitrogen and oxygen atoms in total. The lowest BCUT2D eigenvalue weighted by Crippen LogP contribution is -2.51. The van der Waals surface area contributed by atoms with Gasteiger partial charge in [0, 0.05) is 37.6 Å². The van der Waals surface area contributed by atoms with Gasteiger partial charge in [-0.15, -0.1) is 13.2 Å². The molecule has 0 spiro atoms. The van der Waals surface area contributed by atoms with E-state index in [-0.39, 0.29) is 18.2 Å². The van der Waals surface area contributed by atoms with E-state index in [9.17, 15) is 18.0 Å². The number of hydrogen-bond acceptors (Lipinski definition) is 4. The Morgan fingerprint density at radius 1 is 1.03 bits per heavy atom. The van der Waals surface area contributed by atoms with Gasteiger partial charge >= 0.3 is 6.36 Å². The number of benzene rings is 2. The van der Waals surface area contributed by atoms with Crippen LogP contribution in [0.2, 0.25) is 0 Å². The minimum atomic E-state index is -4.75. The number of rotatable bonds is 5. The van der Waals surface area contributed by atoms with Crippen molar-refractivity contribution in [1.29, 1.82) is 0 Å². The Hall–Kier alpha value is -2.85. The van der Waals surface area contributed by atoms with Crippen molar-refractivity contribution in [2.45, 2.75) is 13.3 Å². The van der Waals surface area contributed by atoms with Crippen LogP contribution in [-0.4, -0.2) is 59.9 Å². The Bertz CT molecular complexity index is 914. The number of ether oxygens (including phenoxy) is 1. The predicted molar refractivity (Wildman–Crippen MR) is 117 cm³/mol. The fourth-order valence-electron chi connectivity index (χ4n) is 3.18. The lowest BCUT2D eigenvalue weighted by Gasteiger charge is -2.35. The maximum absolute atomic E-state index is 12.3. The average molecular weight is 453 g/mol. The highest BCUT2D eigenvalue weighted by molar-refractivity contribution is 7.80. The molecule has 2 aromatic carbocycles. The summed E-state index contributed by atoms with van der Waals surface area (Å²) in [5, 5.41) is 6.57. The molecule has 2 aromatic rings. The first-order valence-corrected chi connectivity index (χ1v) is 10.1. The summed E-state index contributed by atoms with van der Waals surface area (Å²) < 4.78 is 40.4. The van der Waals surface area contributed by atoms with Crippen molar-refractivity contribution in [3.8, 4) is 5.75 Å². The maximum Gasteiger partial charge on any atom is 0.573 e. The molecule has 1 aliphatic heterocycles. The molecule has 0 saturated carbocycles. The summed E-state index contributed by atoms with van der Waals surface area (Å²) in [5.74, 6) is -0.574. The van der Waals surface area contributed by atoms with Crippen LogP contribution in [0.15, 0.2) is 48.5 Å². The molecule has 2 N–H and O–H groups in total. The van der Waals surface area contributed by atoms with Crippen molar-refractivity contribution >= 4 is 34.6 Å². The van der Waals surface area contributed by atoms with Crippen molar-refractivity contribution in [2.75, 3.05) is 43.4 Å². The summed E-state index contributed by atoms with van der Waals surface area (Å²) in [6, 6.07) is 13.0. The SMILES string of the molecule is Cc1cccc(NC(=S)N2CCN(CC(=O)Nc3ccc(OC(F)(F)F)cc3)CC2)c1. The number of piperazine rings is 1. The molecule has 0 bridgehead atoms. The molecule has 166 valence electrons. The molecular formula is C21H23F3N4O2S.